The molecule has 1 fully saturated rings. The van der Waals surface area contributed by atoms with Crippen molar-refractivity contribution in [3.8, 4) is 0 Å². The van der Waals surface area contributed by atoms with Crippen LogP contribution in [0, 0.1) is 5.92 Å². The van der Waals surface area contributed by atoms with Crippen molar-refractivity contribution in [3.05, 3.63) is 12.4 Å². The number of H-pyrrole nitrogens is 1. The summed E-state index contributed by atoms with van der Waals surface area (Å²) in [7, 11) is -3.49. The minimum Gasteiger partial charge on any atom is -0.411 e. The van der Waals surface area contributed by atoms with E-state index < -0.39 is 10.0 Å². The van der Waals surface area contributed by atoms with Crippen LogP contribution >= 0.6 is 0 Å². The smallest absolute Gasteiger partial charge is 0.246 e. The summed E-state index contributed by atoms with van der Waals surface area (Å²) in [5, 5.41) is 18.3. The fourth-order valence-corrected chi connectivity index (χ4v) is 3.52. The van der Waals surface area contributed by atoms with Gasteiger partial charge in [0.15, 0.2) is 0 Å². The average Bonchev–Trinajstić information content (AvgIpc) is 2.92. The minimum absolute atomic E-state index is 0.0228. The molecule has 100 valence electrons. The van der Waals surface area contributed by atoms with Crippen molar-refractivity contribution in [2.24, 2.45) is 11.1 Å². The molecule has 18 heavy (non-hydrogen) atoms. The normalized spacial score (nSPS) is 24.5. The van der Waals surface area contributed by atoms with E-state index in [1.807, 2.05) is 6.92 Å². The van der Waals surface area contributed by atoms with Crippen molar-refractivity contribution in [3.63, 3.8) is 0 Å². The molecule has 8 heteroatoms. The lowest BCUT2D eigenvalue weighted by Crippen LogP contribution is -2.43. The third-order valence-electron chi connectivity index (χ3n) is 3.24. The molecule has 2 N–H and O–H groups in total. The Bertz CT molecular complexity index is 523. The van der Waals surface area contributed by atoms with E-state index in [1.54, 1.807) is 0 Å². The van der Waals surface area contributed by atoms with Crippen LogP contribution in [-0.2, 0) is 10.0 Å². The van der Waals surface area contributed by atoms with Crippen LogP contribution < -0.4 is 0 Å². The Balaban J connectivity index is 2.21. The highest BCUT2D eigenvalue weighted by Gasteiger charge is 2.33. The molecule has 1 aliphatic heterocycles. The Hall–Kier alpha value is -1.41. The first-order valence-corrected chi connectivity index (χ1v) is 7.23. The Morgan fingerprint density at radius 3 is 3.00 bits per heavy atom. The number of piperidine rings is 1. The Kier molecular flexibility index (Phi) is 3.67. The van der Waals surface area contributed by atoms with E-state index in [1.165, 1.54) is 16.7 Å². The van der Waals surface area contributed by atoms with Crippen LogP contribution in [0.4, 0.5) is 0 Å². The lowest BCUT2D eigenvalue weighted by molar-refractivity contribution is 0.295. The predicted octanol–water partition coefficient (Wildman–Crippen LogP) is 0.660. The molecule has 1 saturated heterocycles. The van der Waals surface area contributed by atoms with Gasteiger partial charge in [0.2, 0.25) is 10.0 Å². The molecule has 0 spiro atoms. The van der Waals surface area contributed by atoms with Gasteiger partial charge in [0, 0.05) is 31.6 Å². The van der Waals surface area contributed by atoms with Gasteiger partial charge in [0.25, 0.3) is 0 Å². The Morgan fingerprint density at radius 2 is 2.44 bits per heavy atom. The van der Waals surface area contributed by atoms with Crippen molar-refractivity contribution in [1.82, 2.24) is 14.5 Å². The minimum atomic E-state index is -3.49. The SMILES string of the molecule is CCC1CN(S(=O)(=O)c2cn[nH]c2)CCC1=NO. The highest BCUT2D eigenvalue weighted by molar-refractivity contribution is 7.89. The molecular formula is C10H16N4O3S. The van der Waals surface area contributed by atoms with Crippen molar-refractivity contribution >= 4 is 15.7 Å². The molecule has 0 aromatic carbocycles. The van der Waals surface area contributed by atoms with Crippen molar-refractivity contribution < 1.29 is 13.6 Å². The standard InChI is InChI=1S/C10H16N4O3S/c1-2-8-7-14(4-3-10(8)13-15)18(16,17)9-5-11-12-6-9/h5-6,8,15H,2-4,7H2,1H3,(H,11,12). The zero-order valence-electron chi connectivity index (χ0n) is 10.1. The third-order valence-corrected chi connectivity index (χ3v) is 5.08. The summed E-state index contributed by atoms with van der Waals surface area (Å²) in [6.07, 6.45) is 3.88. The number of oxime groups is 1. The number of nitrogens with one attached hydrogen (secondary N) is 1. The zero-order chi connectivity index (χ0) is 13.2. The first-order valence-electron chi connectivity index (χ1n) is 5.79. The van der Waals surface area contributed by atoms with Gasteiger partial charge in [-0.15, -0.1) is 0 Å². The van der Waals surface area contributed by atoms with E-state index in [2.05, 4.69) is 15.4 Å². The maximum absolute atomic E-state index is 12.3. The van der Waals surface area contributed by atoms with Crippen LogP contribution in [0.1, 0.15) is 19.8 Å². The Labute approximate surface area is 106 Å². The molecule has 0 saturated carbocycles. The summed E-state index contributed by atoms with van der Waals surface area (Å²) < 4.78 is 26.0. The first-order chi connectivity index (χ1) is 8.59. The molecule has 1 aromatic rings. The molecule has 1 aliphatic rings. The second-order valence-electron chi connectivity index (χ2n) is 4.24. The summed E-state index contributed by atoms with van der Waals surface area (Å²) in [5.74, 6) is -0.0228. The summed E-state index contributed by atoms with van der Waals surface area (Å²) in [4.78, 5) is 0.168. The van der Waals surface area contributed by atoms with Gasteiger partial charge in [-0.25, -0.2) is 8.42 Å². The number of hydrogen-bond donors (Lipinski definition) is 2. The van der Waals surface area contributed by atoms with Crippen molar-refractivity contribution in [2.75, 3.05) is 13.1 Å². The van der Waals surface area contributed by atoms with E-state index >= 15 is 0 Å². The number of rotatable bonds is 3. The topological polar surface area (TPSA) is 98.7 Å². The van der Waals surface area contributed by atoms with Crippen LogP contribution in [0.2, 0.25) is 0 Å². The second-order valence-corrected chi connectivity index (χ2v) is 6.18. The van der Waals surface area contributed by atoms with Crippen LogP contribution in [0.25, 0.3) is 0 Å². The molecule has 0 radical (unpaired) electrons. The van der Waals surface area contributed by atoms with E-state index in [0.717, 1.165) is 6.42 Å². The number of hydrogen-bond acceptors (Lipinski definition) is 5. The third kappa shape index (κ3) is 2.25. The first kappa shape index (κ1) is 13.0. The van der Waals surface area contributed by atoms with Gasteiger partial charge in [0.05, 0.1) is 11.9 Å². The number of aromatic amines is 1. The summed E-state index contributed by atoms with van der Waals surface area (Å²) >= 11 is 0. The van der Waals surface area contributed by atoms with Crippen LogP contribution in [-0.4, -0.2) is 46.9 Å². The molecule has 0 aliphatic carbocycles. The van der Waals surface area contributed by atoms with Crippen LogP contribution in [0.3, 0.4) is 0 Å². The largest absolute Gasteiger partial charge is 0.411 e. The van der Waals surface area contributed by atoms with E-state index in [0.29, 0.717) is 25.2 Å². The molecule has 1 atom stereocenters. The van der Waals surface area contributed by atoms with Gasteiger partial charge in [-0.05, 0) is 6.42 Å². The molecule has 2 rings (SSSR count). The highest BCUT2D eigenvalue weighted by atomic mass is 32.2. The fraction of sp³-hybridized carbons (Fsp3) is 0.600. The van der Waals surface area contributed by atoms with Gasteiger partial charge in [-0.2, -0.15) is 9.40 Å². The fourth-order valence-electron chi connectivity index (χ4n) is 2.13. The number of sulfonamides is 1. The van der Waals surface area contributed by atoms with Gasteiger partial charge in [0.1, 0.15) is 4.90 Å². The van der Waals surface area contributed by atoms with E-state index in [4.69, 9.17) is 5.21 Å². The van der Waals surface area contributed by atoms with Crippen molar-refractivity contribution in [1.29, 1.82) is 0 Å². The maximum atomic E-state index is 12.3. The summed E-state index contributed by atoms with van der Waals surface area (Å²) in [6.45, 7) is 2.64. The molecule has 1 unspecified atom stereocenters. The lowest BCUT2D eigenvalue weighted by Gasteiger charge is -2.31. The molecule has 0 bridgehead atoms. The summed E-state index contributed by atoms with van der Waals surface area (Å²) in [5.41, 5.74) is 0.677. The summed E-state index contributed by atoms with van der Waals surface area (Å²) in [6, 6.07) is 0. The monoisotopic (exact) mass is 272 g/mol. The second kappa shape index (κ2) is 5.07. The number of nitrogens with zero attached hydrogens (tertiary/aromatic N) is 3. The average molecular weight is 272 g/mol. The maximum Gasteiger partial charge on any atom is 0.246 e. The molecule has 2 heterocycles. The van der Waals surface area contributed by atoms with Crippen LogP contribution in [0.5, 0.6) is 0 Å². The van der Waals surface area contributed by atoms with Gasteiger partial charge >= 0.3 is 0 Å². The molecule has 0 amide bonds. The molecular weight excluding hydrogens is 256 g/mol. The van der Waals surface area contributed by atoms with Crippen molar-refractivity contribution in [2.45, 2.75) is 24.7 Å². The van der Waals surface area contributed by atoms with Gasteiger partial charge in [-0.3, -0.25) is 5.10 Å². The van der Waals surface area contributed by atoms with E-state index in [-0.39, 0.29) is 10.8 Å². The quantitative estimate of drug-likeness (QED) is 0.623. The molecule has 1 aromatic heterocycles. The van der Waals surface area contributed by atoms with Crippen LogP contribution in [0.15, 0.2) is 22.4 Å². The zero-order valence-corrected chi connectivity index (χ0v) is 10.9. The van der Waals surface area contributed by atoms with E-state index in [9.17, 15) is 8.42 Å². The van der Waals surface area contributed by atoms with Gasteiger partial charge in [-0.1, -0.05) is 12.1 Å². The molecule has 7 nitrogen and oxygen atoms in total. The van der Waals surface area contributed by atoms with Gasteiger partial charge < -0.3 is 5.21 Å². The number of aromatic nitrogens is 2. The highest BCUT2D eigenvalue weighted by Crippen LogP contribution is 2.23. The Morgan fingerprint density at radius 1 is 1.67 bits per heavy atom. The lowest BCUT2D eigenvalue weighted by atomic mass is 9.95. The predicted molar refractivity (Wildman–Crippen MR) is 65.0 cm³/mol.